The molecule has 2 aromatic carbocycles. The zero-order valence-corrected chi connectivity index (χ0v) is 14.3. The Kier molecular flexibility index (Phi) is 4.01. The zero-order chi connectivity index (χ0) is 18.1. The largest absolute Gasteiger partial charge is 0.344 e. The number of benzene rings is 2. The highest BCUT2D eigenvalue weighted by atomic mass is 16.2. The summed E-state index contributed by atoms with van der Waals surface area (Å²) in [5.74, 6) is -0.234. The Morgan fingerprint density at radius 2 is 2.00 bits per heavy atom. The van der Waals surface area contributed by atoms with Gasteiger partial charge in [-0.25, -0.2) is 4.68 Å². The van der Waals surface area contributed by atoms with E-state index in [1.165, 1.54) is 0 Å². The highest BCUT2D eigenvalue weighted by Gasteiger charge is 2.20. The van der Waals surface area contributed by atoms with Gasteiger partial charge in [0, 0.05) is 11.9 Å². The summed E-state index contributed by atoms with van der Waals surface area (Å²) in [5, 5.41) is 10.1. The highest BCUT2D eigenvalue weighted by molar-refractivity contribution is 5.99. The minimum atomic E-state index is -0.234. The first-order valence-electron chi connectivity index (χ1n) is 8.45. The first-order chi connectivity index (χ1) is 12.6. The lowest BCUT2D eigenvalue weighted by Gasteiger charge is -2.14. The van der Waals surface area contributed by atoms with E-state index in [0.717, 1.165) is 22.5 Å². The highest BCUT2D eigenvalue weighted by Crippen LogP contribution is 2.26. The molecule has 1 aromatic heterocycles. The van der Waals surface area contributed by atoms with E-state index in [4.69, 9.17) is 0 Å². The molecule has 0 bridgehead atoms. The van der Waals surface area contributed by atoms with Crippen molar-refractivity contribution in [1.29, 1.82) is 0 Å². The first kappa shape index (κ1) is 16.1. The number of para-hydroxylation sites is 1. The van der Waals surface area contributed by atoms with Gasteiger partial charge in [-0.05, 0) is 42.3 Å². The fourth-order valence-electron chi connectivity index (χ4n) is 3.04. The molecule has 26 heavy (non-hydrogen) atoms. The number of anilines is 1. The van der Waals surface area contributed by atoms with E-state index in [-0.39, 0.29) is 17.9 Å². The molecular weight excluding hydrogens is 328 g/mol. The molecule has 6 heteroatoms. The third-order valence-corrected chi connectivity index (χ3v) is 4.44. The van der Waals surface area contributed by atoms with Crippen molar-refractivity contribution < 1.29 is 9.59 Å². The summed E-state index contributed by atoms with van der Waals surface area (Å²) in [6.07, 6.45) is 2.15. The molecular formula is C20H18N4O2. The fraction of sp³-hybridized carbons (Fsp3) is 0.150. The maximum atomic E-state index is 12.5. The van der Waals surface area contributed by atoms with Gasteiger partial charge in [-0.3, -0.25) is 9.59 Å². The van der Waals surface area contributed by atoms with Crippen molar-refractivity contribution >= 4 is 17.5 Å². The molecule has 0 saturated carbocycles. The Balaban J connectivity index is 1.48. The van der Waals surface area contributed by atoms with Crippen LogP contribution in [0.25, 0.3) is 5.69 Å². The predicted octanol–water partition coefficient (Wildman–Crippen LogP) is 2.86. The molecule has 130 valence electrons. The van der Waals surface area contributed by atoms with E-state index in [1.54, 1.807) is 16.9 Å². The van der Waals surface area contributed by atoms with E-state index in [2.05, 4.69) is 15.7 Å². The summed E-state index contributed by atoms with van der Waals surface area (Å²) in [6.45, 7) is 1.91. The van der Waals surface area contributed by atoms with Crippen molar-refractivity contribution in [3.63, 3.8) is 0 Å². The van der Waals surface area contributed by atoms with Crippen molar-refractivity contribution in [2.75, 3.05) is 5.32 Å². The van der Waals surface area contributed by atoms with E-state index in [1.807, 2.05) is 55.5 Å². The quantitative estimate of drug-likeness (QED) is 0.763. The van der Waals surface area contributed by atoms with Crippen LogP contribution < -0.4 is 10.6 Å². The number of rotatable bonds is 4. The second kappa shape index (κ2) is 6.48. The molecule has 0 spiro atoms. The molecule has 3 aromatic rings. The second-order valence-corrected chi connectivity index (χ2v) is 6.32. The summed E-state index contributed by atoms with van der Waals surface area (Å²) >= 11 is 0. The number of fused-ring (bicyclic) bond motifs is 1. The Morgan fingerprint density at radius 3 is 2.81 bits per heavy atom. The number of carbonyl (C=O) groups is 2. The topological polar surface area (TPSA) is 76.0 Å². The van der Waals surface area contributed by atoms with Crippen LogP contribution in [-0.2, 0) is 11.2 Å². The van der Waals surface area contributed by atoms with Crippen molar-refractivity contribution in [1.82, 2.24) is 15.1 Å². The van der Waals surface area contributed by atoms with Crippen LogP contribution >= 0.6 is 0 Å². The van der Waals surface area contributed by atoms with Crippen LogP contribution in [-0.4, -0.2) is 21.6 Å². The number of aromatic nitrogens is 2. The fourth-order valence-corrected chi connectivity index (χ4v) is 3.04. The van der Waals surface area contributed by atoms with Gasteiger partial charge in [0.15, 0.2) is 5.69 Å². The van der Waals surface area contributed by atoms with Gasteiger partial charge in [0.25, 0.3) is 5.91 Å². The van der Waals surface area contributed by atoms with E-state index < -0.39 is 0 Å². The molecule has 0 fully saturated rings. The number of nitrogens with zero attached hydrogens (tertiary/aromatic N) is 2. The predicted molar refractivity (Wildman–Crippen MR) is 98.2 cm³/mol. The van der Waals surface area contributed by atoms with Crippen molar-refractivity contribution in [3.8, 4) is 5.69 Å². The lowest BCUT2D eigenvalue weighted by atomic mass is 10.0. The molecule has 2 heterocycles. The van der Waals surface area contributed by atoms with Crippen molar-refractivity contribution in [2.24, 2.45) is 0 Å². The van der Waals surface area contributed by atoms with Crippen LogP contribution in [0.1, 0.15) is 34.6 Å². The molecule has 0 saturated heterocycles. The average molecular weight is 346 g/mol. The van der Waals surface area contributed by atoms with Gasteiger partial charge in [0.2, 0.25) is 5.91 Å². The Hall–Kier alpha value is -3.41. The van der Waals surface area contributed by atoms with E-state index in [0.29, 0.717) is 12.1 Å². The standard InChI is InChI=1S/C20H18N4O2/c1-13(14-7-8-17-15(11-14)12-19(25)22-17)21-20(26)18-9-10-24(23-18)16-5-3-2-4-6-16/h2-11,13H,12H2,1H3,(H,21,26)(H,22,25)/t13-/m1/s1. The first-order valence-corrected chi connectivity index (χ1v) is 8.45. The van der Waals surface area contributed by atoms with Gasteiger partial charge >= 0.3 is 0 Å². The maximum absolute atomic E-state index is 12.5. The van der Waals surface area contributed by atoms with Gasteiger partial charge in [0.05, 0.1) is 18.2 Å². The third-order valence-electron chi connectivity index (χ3n) is 4.44. The van der Waals surface area contributed by atoms with Crippen LogP contribution in [0.3, 0.4) is 0 Å². The van der Waals surface area contributed by atoms with Gasteiger partial charge in [-0.2, -0.15) is 5.10 Å². The molecule has 4 rings (SSSR count). The molecule has 2 N–H and O–H groups in total. The Bertz CT molecular complexity index is 978. The molecule has 1 atom stereocenters. The van der Waals surface area contributed by atoms with Crippen LogP contribution in [0.4, 0.5) is 5.69 Å². The Morgan fingerprint density at radius 1 is 1.19 bits per heavy atom. The second-order valence-electron chi connectivity index (χ2n) is 6.32. The normalized spacial score (nSPS) is 13.8. The SMILES string of the molecule is C[C@@H](NC(=O)c1ccn(-c2ccccc2)n1)c1ccc2c(c1)CC(=O)N2. The minimum absolute atomic E-state index is 0.000269. The number of hydrogen-bond donors (Lipinski definition) is 2. The summed E-state index contributed by atoms with van der Waals surface area (Å²) in [6, 6.07) is 16.9. The lowest BCUT2D eigenvalue weighted by molar-refractivity contribution is -0.115. The zero-order valence-electron chi connectivity index (χ0n) is 14.3. The third kappa shape index (κ3) is 3.09. The molecule has 2 amide bonds. The summed E-state index contributed by atoms with van der Waals surface area (Å²) in [5.41, 5.74) is 4.02. The number of amides is 2. The van der Waals surface area contributed by atoms with Crippen molar-refractivity contribution in [2.45, 2.75) is 19.4 Å². The summed E-state index contributed by atoms with van der Waals surface area (Å²) < 4.78 is 1.67. The summed E-state index contributed by atoms with van der Waals surface area (Å²) in [4.78, 5) is 24.0. The summed E-state index contributed by atoms with van der Waals surface area (Å²) in [7, 11) is 0. The van der Waals surface area contributed by atoms with E-state index >= 15 is 0 Å². The number of nitrogens with one attached hydrogen (secondary N) is 2. The molecule has 0 unspecified atom stereocenters. The van der Waals surface area contributed by atoms with E-state index in [9.17, 15) is 9.59 Å². The van der Waals surface area contributed by atoms with Gasteiger partial charge in [-0.1, -0.05) is 30.3 Å². The average Bonchev–Trinajstić information content (AvgIpc) is 3.27. The van der Waals surface area contributed by atoms with Gasteiger partial charge < -0.3 is 10.6 Å². The molecule has 6 nitrogen and oxygen atoms in total. The molecule has 0 aliphatic carbocycles. The van der Waals surface area contributed by atoms with Crippen molar-refractivity contribution in [3.05, 3.63) is 77.6 Å². The molecule has 1 aliphatic rings. The van der Waals surface area contributed by atoms with Crippen LogP contribution in [0.2, 0.25) is 0 Å². The van der Waals surface area contributed by atoms with Gasteiger partial charge in [0.1, 0.15) is 0 Å². The molecule has 1 aliphatic heterocycles. The maximum Gasteiger partial charge on any atom is 0.272 e. The van der Waals surface area contributed by atoms with Crippen LogP contribution in [0.5, 0.6) is 0 Å². The Labute approximate surface area is 150 Å². The lowest BCUT2D eigenvalue weighted by Crippen LogP contribution is -2.27. The molecule has 0 radical (unpaired) electrons. The smallest absolute Gasteiger partial charge is 0.272 e. The van der Waals surface area contributed by atoms with Crippen LogP contribution in [0, 0.1) is 0 Å². The van der Waals surface area contributed by atoms with Crippen LogP contribution in [0.15, 0.2) is 60.8 Å². The number of hydrogen-bond acceptors (Lipinski definition) is 3. The number of carbonyl (C=O) groups excluding carboxylic acids is 2. The monoisotopic (exact) mass is 346 g/mol. The minimum Gasteiger partial charge on any atom is -0.344 e. The van der Waals surface area contributed by atoms with Gasteiger partial charge in [-0.15, -0.1) is 0 Å².